The van der Waals surface area contributed by atoms with Crippen LogP contribution in [0.5, 0.6) is 5.75 Å². The Hall–Kier alpha value is -7.76. The number of phenolic OH excluding ortho intramolecular Hbond substituents is 1. The first-order valence-corrected chi connectivity index (χ1v) is 20.5. The normalized spacial score (nSPS) is 22.7. The van der Waals surface area contributed by atoms with Crippen LogP contribution in [0.2, 0.25) is 0 Å². The van der Waals surface area contributed by atoms with Gasteiger partial charge in [-0.1, -0.05) is 115 Å². The third-order valence-corrected chi connectivity index (χ3v) is 12.3. The Bertz CT molecular complexity index is 2670. The van der Waals surface area contributed by atoms with E-state index in [1.807, 2.05) is 66.7 Å². The smallest absolute Gasteiger partial charge is 0.329 e. The summed E-state index contributed by atoms with van der Waals surface area (Å²) in [5, 5.41) is 25.1. The Morgan fingerprint density at radius 1 is 0.781 bits per heavy atom. The van der Waals surface area contributed by atoms with Gasteiger partial charge in [-0.3, -0.25) is 28.9 Å². The zero-order valence-electron chi connectivity index (χ0n) is 34.9. The minimum absolute atomic E-state index is 0.0504. The first kappa shape index (κ1) is 42.9. The van der Waals surface area contributed by atoms with Crippen molar-refractivity contribution in [2.75, 3.05) is 19.1 Å². The van der Waals surface area contributed by atoms with E-state index in [1.165, 1.54) is 30.3 Å². The number of fused-ring (bicyclic) bond motifs is 3. The molecule has 0 radical (unpaired) electrons. The van der Waals surface area contributed by atoms with Crippen LogP contribution in [-0.4, -0.2) is 71.2 Å². The molecule has 5 aromatic carbocycles. The Balaban J connectivity index is 1.39. The lowest BCUT2D eigenvalue weighted by molar-refractivity contribution is -0.179. The minimum Gasteiger partial charge on any atom is -0.508 e. The van der Waals surface area contributed by atoms with E-state index in [9.17, 15) is 34.2 Å². The van der Waals surface area contributed by atoms with Gasteiger partial charge in [0.15, 0.2) is 5.92 Å². The van der Waals surface area contributed by atoms with Crippen LogP contribution in [0.4, 0.5) is 10.5 Å². The van der Waals surface area contributed by atoms with Crippen LogP contribution in [0.25, 0.3) is 0 Å². The standard InChI is InChI=1S/C50H43N3O11/c1-29(31-15-7-4-8-16-31)51-49(61)52-38-27-22-30(14-13-21-36(45(57)62-2)46(58)63-3)28-37(38)50(48(52)60)39(44(55)56)41-47(59)64-42(33-19-11-6-12-20-33)40(32-17-9-5-10-18-32)53(41)43(50)34-23-25-35(54)26-24-34/h4-12,15-20,22-29,36,39-43,54H,21H2,1-3H3,(H,51,61)(H,55,56)/t29-,39+,40+,41+,42-,43-,50+/m1/s1. The summed E-state index contributed by atoms with van der Waals surface area (Å²) in [6.45, 7) is 1.75. The van der Waals surface area contributed by atoms with Gasteiger partial charge in [0.05, 0.1) is 38.0 Å². The van der Waals surface area contributed by atoms with Crippen LogP contribution in [0.1, 0.15) is 71.0 Å². The summed E-state index contributed by atoms with van der Waals surface area (Å²) in [7, 11) is 2.26. The largest absolute Gasteiger partial charge is 0.508 e. The van der Waals surface area contributed by atoms with E-state index in [0.29, 0.717) is 16.7 Å². The molecule has 3 aliphatic heterocycles. The number of carbonyl (C=O) groups excluding carboxylic acids is 5. The number of carboxylic acids is 1. The van der Waals surface area contributed by atoms with Crippen LogP contribution in [0.3, 0.4) is 0 Å². The van der Waals surface area contributed by atoms with Crippen LogP contribution in [0, 0.1) is 23.7 Å². The van der Waals surface area contributed by atoms with Crippen molar-refractivity contribution in [2.45, 2.75) is 49.0 Å². The quantitative estimate of drug-likeness (QED) is 0.0649. The number of hydrogen-bond acceptors (Lipinski definition) is 11. The monoisotopic (exact) mass is 861 g/mol. The number of phenols is 1. The van der Waals surface area contributed by atoms with Gasteiger partial charge >= 0.3 is 29.9 Å². The van der Waals surface area contributed by atoms with E-state index in [0.717, 1.165) is 24.7 Å². The molecule has 3 amide bonds. The molecule has 324 valence electrons. The highest BCUT2D eigenvalue weighted by Crippen LogP contribution is 2.66. The predicted molar refractivity (Wildman–Crippen MR) is 230 cm³/mol. The lowest BCUT2D eigenvalue weighted by Crippen LogP contribution is -2.54. The number of carbonyl (C=O) groups is 6. The average molecular weight is 862 g/mol. The third kappa shape index (κ3) is 7.29. The van der Waals surface area contributed by atoms with Crippen LogP contribution in [-0.2, 0) is 43.6 Å². The molecule has 14 heteroatoms. The number of anilines is 1. The number of amides is 3. The Morgan fingerprint density at radius 3 is 1.97 bits per heavy atom. The molecule has 3 N–H and O–H groups in total. The molecule has 1 spiro atoms. The lowest BCUT2D eigenvalue weighted by Gasteiger charge is -2.46. The van der Waals surface area contributed by atoms with Gasteiger partial charge in [0.2, 0.25) is 5.91 Å². The van der Waals surface area contributed by atoms with E-state index in [1.54, 1.807) is 48.2 Å². The number of methoxy groups -OCH3 is 2. The Morgan fingerprint density at radius 2 is 1.38 bits per heavy atom. The molecule has 0 saturated carbocycles. The molecule has 0 unspecified atom stereocenters. The first-order chi connectivity index (χ1) is 30.9. The van der Waals surface area contributed by atoms with Crippen molar-refractivity contribution in [2.24, 2.45) is 11.8 Å². The van der Waals surface area contributed by atoms with Gasteiger partial charge in [-0.25, -0.2) is 9.69 Å². The zero-order valence-corrected chi connectivity index (χ0v) is 34.9. The minimum atomic E-state index is -2.24. The van der Waals surface area contributed by atoms with E-state index >= 15 is 4.79 Å². The van der Waals surface area contributed by atoms with E-state index in [-0.39, 0.29) is 29.0 Å². The topological polar surface area (TPSA) is 189 Å². The second kappa shape index (κ2) is 17.5. The van der Waals surface area contributed by atoms with Crippen LogP contribution in [0.15, 0.2) is 133 Å². The summed E-state index contributed by atoms with van der Waals surface area (Å²) in [5.74, 6) is -2.61. The van der Waals surface area contributed by atoms with Crippen molar-refractivity contribution in [1.29, 1.82) is 0 Å². The molecule has 2 fully saturated rings. The number of urea groups is 1. The van der Waals surface area contributed by atoms with Crippen LogP contribution >= 0.6 is 0 Å². The van der Waals surface area contributed by atoms with E-state index in [2.05, 4.69) is 17.2 Å². The Kier molecular flexibility index (Phi) is 11.8. The molecular weight excluding hydrogens is 819 g/mol. The molecule has 2 saturated heterocycles. The summed E-state index contributed by atoms with van der Waals surface area (Å²) in [6, 6.07) is 32.5. The van der Waals surface area contributed by atoms with Crippen molar-refractivity contribution in [1.82, 2.24) is 10.2 Å². The Labute approximate surface area is 368 Å². The van der Waals surface area contributed by atoms with Crippen molar-refractivity contribution in [3.8, 4) is 17.6 Å². The molecule has 0 aromatic heterocycles. The van der Waals surface area contributed by atoms with Gasteiger partial charge in [-0.15, -0.1) is 0 Å². The number of hydrogen-bond donors (Lipinski definition) is 3. The number of benzene rings is 5. The van der Waals surface area contributed by atoms with Gasteiger partial charge in [0, 0.05) is 12.0 Å². The molecular formula is C50H43N3O11. The molecule has 0 bridgehead atoms. The fourth-order valence-corrected chi connectivity index (χ4v) is 9.50. The fraction of sp³-hybridized carbons (Fsp3) is 0.240. The average Bonchev–Trinajstić information content (AvgIpc) is 3.77. The number of cyclic esters (lactones) is 1. The van der Waals surface area contributed by atoms with Gasteiger partial charge in [0.25, 0.3) is 0 Å². The molecule has 0 aliphatic carbocycles. The van der Waals surface area contributed by atoms with E-state index < -0.39 is 83.3 Å². The second-order valence-electron chi connectivity index (χ2n) is 15.8. The maximum atomic E-state index is 16.0. The number of imide groups is 1. The molecule has 14 nitrogen and oxygen atoms in total. The van der Waals surface area contributed by atoms with Crippen molar-refractivity contribution in [3.63, 3.8) is 0 Å². The van der Waals surface area contributed by atoms with Crippen molar-refractivity contribution >= 4 is 41.5 Å². The number of nitrogens with one attached hydrogen (secondary N) is 1. The summed E-state index contributed by atoms with van der Waals surface area (Å²) in [4.78, 5) is 87.4. The van der Waals surface area contributed by atoms with Crippen molar-refractivity contribution < 1.29 is 53.2 Å². The second-order valence-corrected chi connectivity index (χ2v) is 15.8. The summed E-state index contributed by atoms with van der Waals surface area (Å²) < 4.78 is 15.9. The molecule has 7 atom stereocenters. The number of carboxylic acid groups (broad SMARTS) is 1. The first-order valence-electron chi connectivity index (χ1n) is 20.5. The third-order valence-electron chi connectivity index (χ3n) is 12.3. The summed E-state index contributed by atoms with van der Waals surface area (Å²) in [5.41, 5.74) is 0.501. The van der Waals surface area contributed by atoms with Gasteiger partial charge in [0.1, 0.15) is 29.2 Å². The number of esters is 3. The SMILES string of the molecule is COC(=O)C(CC#Cc1ccc2c(c1)[C@]1(C(=O)N2C(=O)N[C@H](C)c2ccccc2)[C@H](C(=O)O)[C@H]2C(=O)O[C@H](c3ccccc3)[C@H](c3ccccc3)N2[C@@H]1c1ccc(O)cc1)C(=O)OC. The number of ether oxygens (including phenoxy) is 3. The van der Waals surface area contributed by atoms with Gasteiger partial charge in [-0.2, -0.15) is 0 Å². The fourth-order valence-electron chi connectivity index (χ4n) is 9.50. The predicted octanol–water partition coefficient (Wildman–Crippen LogP) is 6.32. The number of aliphatic carboxylic acids is 1. The highest BCUT2D eigenvalue weighted by molar-refractivity contribution is 6.24. The highest BCUT2D eigenvalue weighted by atomic mass is 16.6. The maximum Gasteiger partial charge on any atom is 0.329 e. The van der Waals surface area contributed by atoms with Crippen LogP contribution < -0.4 is 10.2 Å². The van der Waals surface area contributed by atoms with E-state index in [4.69, 9.17) is 14.2 Å². The van der Waals surface area contributed by atoms with Gasteiger partial charge < -0.3 is 29.7 Å². The summed E-state index contributed by atoms with van der Waals surface area (Å²) >= 11 is 0. The number of rotatable bonds is 9. The molecule has 3 aliphatic rings. The maximum absolute atomic E-state index is 16.0. The number of aromatic hydroxyl groups is 1. The molecule has 3 heterocycles. The number of morpholine rings is 1. The zero-order chi connectivity index (χ0) is 45.3. The molecule has 5 aromatic rings. The van der Waals surface area contributed by atoms with Crippen molar-refractivity contribution in [3.05, 3.63) is 167 Å². The molecule has 64 heavy (non-hydrogen) atoms. The summed E-state index contributed by atoms with van der Waals surface area (Å²) in [6.07, 6.45) is -1.30. The molecule has 8 rings (SSSR count). The lowest BCUT2D eigenvalue weighted by atomic mass is 9.65. The van der Waals surface area contributed by atoms with Gasteiger partial charge in [-0.05, 0) is 65.1 Å². The highest BCUT2D eigenvalue weighted by Gasteiger charge is 2.76. The number of nitrogens with zero attached hydrogens (tertiary/aromatic N) is 2.